The van der Waals surface area contributed by atoms with Gasteiger partial charge in [0.15, 0.2) is 11.6 Å². The molecule has 7 heteroatoms. The minimum Gasteiger partial charge on any atom is -0.494 e. The van der Waals surface area contributed by atoms with Crippen LogP contribution in [0, 0.1) is 11.6 Å². The van der Waals surface area contributed by atoms with E-state index in [0.29, 0.717) is 0 Å². The van der Waals surface area contributed by atoms with Crippen molar-refractivity contribution in [3.05, 3.63) is 29.3 Å². The predicted octanol–water partition coefficient (Wildman–Crippen LogP) is 1.06. The zero-order valence-corrected chi connectivity index (χ0v) is 9.50. The molecule has 0 fully saturated rings. The van der Waals surface area contributed by atoms with E-state index < -0.39 is 29.9 Å². The molecule has 0 heterocycles. The molecule has 0 aliphatic rings. The average Bonchev–Trinajstić information content (AvgIpc) is 2.28. The summed E-state index contributed by atoms with van der Waals surface area (Å²) >= 11 is 0. The lowest BCUT2D eigenvalue weighted by Crippen LogP contribution is -2.25. The molecule has 1 rings (SSSR count). The number of halogens is 2. The number of carbonyl (C=O) groups is 2. The van der Waals surface area contributed by atoms with E-state index in [1.807, 2.05) is 0 Å². The Morgan fingerprint density at radius 3 is 2.56 bits per heavy atom. The first-order valence-corrected chi connectivity index (χ1v) is 4.94. The van der Waals surface area contributed by atoms with Gasteiger partial charge in [-0.2, -0.15) is 0 Å². The standard InChI is InChI=1S/C11H11F2NO4/c1-18-9-3-7(12)6(2-8(9)13)5-14-10(15)4-11(16)17/h2-3H,4-5H2,1H3,(H,14,15)(H,16,17). The lowest BCUT2D eigenvalue weighted by atomic mass is 10.2. The third-order valence-corrected chi connectivity index (χ3v) is 2.11. The number of benzene rings is 1. The van der Waals surface area contributed by atoms with Gasteiger partial charge in [-0.1, -0.05) is 0 Å². The molecule has 0 spiro atoms. The monoisotopic (exact) mass is 259 g/mol. The highest BCUT2D eigenvalue weighted by Gasteiger charge is 2.12. The SMILES string of the molecule is COc1cc(F)c(CNC(=O)CC(=O)O)cc1F. The number of hydrogen-bond acceptors (Lipinski definition) is 3. The van der Waals surface area contributed by atoms with Crippen LogP contribution in [-0.4, -0.2) is 24.1 Å². The van der Waals surface area contributed by atoms with Crippen LogP contribution in [0.4, 0.5) is 8.78 Å². The van der Waals surface area contributed by atoms with Crippen molar-refractivity contribution < 1.29 is 28.2 Å². The fourth-order valence-electron chi connectivity index (χ4n) is 1.26. The first-order valence-electron chi connectivity index (χ1n) is 4.94. The van der Waals surface area contributed by atoms with Gasteiger partial charge in [-0.3, -0.25) is 9.59 Å². The average molecular weight is 259 g/mol. The molecule has 0 bridgehead atoms. The van der Waals surface area contributed by atoms with Crippen molar-refractivity contribution >= 4 is 11.9 Å². The van der Waals surface area contributed by atoms with E-state index in [1.54, 1.807) is 0 Å². The van der Waals surface area contributed by atoms with E-state index in [1.165, 1.54) is 7.11 Å². The largest absolute Gasteiger partial charge is 0.494 e. The Morgan fingerprint density at radius 1 is 1.33 bits per heavy atom. The number of carboxylic acids is 1. The van der Waals surface area contributed by atoms with Crippen LogP contribution >= 0.6 is 0 Å². The summed E-state index contributed by atoms with van der Waals surface area (Å²) < 4.78 is 31.3. The third-order valence-electron chi connectivity index (χ3n) is 2.11. The van der Waals surface area contributed by atoms with Crippen molar-refractivity contribution in [2.75, 3.05) is 7.11 Å². The Balaban J connectivity index is 2.71. The summed E-state index contributed by atoms with van der Waals surface area (Å²) in [4.78, 5) is 21.2. The molecule has 0 saturated heterocycles. The molecule has 0 aromatic heterocycles. The molecule has 1 amide bonds. The van der Waals surface area contributed by atoms with Gasteiger partial charge in [0.1, 0.15) is 12.2 Å². The van der Waals surface area contributed by atoms with Crippen molar-refractivity contribution in [2.45, 2.75) is 13.0 Å². The van der Waals surface area contributed by atoms with Gasteiger partial charge >= 0.3 is 5.97 Å². The zero-order valence-electron chi connectivity index (χ0n) is 9.50. The molecule has 98 valence electrons. The second-order valence-corrected chi connectivity index (χ2v) is 3.43. The molecule has 1 aromatic rings. The Kier molecular flexibility index (Phi) is 4.59. The normalized spacial score (nSPS) is 9.94. The van der Waals surface area contributed by atoms with Gasteiger partial charge in [-0.25, -0.2) is 8.78 Å². The molecule has 18 heavy (non-hydrogen) atoms. The van der Waals surface area contributed by atoms with Gasteiger partial charge < -0.3 is 15.2 Å². The predicted molar refractivity (Wildman–Crippen MR) is 57.0 cm³/mol. The van der Waals surface area contributed by atoms with Crippen LogP contribution in [0.25, 0.3) is 0 Å². The first kappa shape index (κ1) is 13.9. The van der Waals surface area contributed by atoms with E-state index in [9.17, 15) is 18.4 Å². The van der Waals surface area contributed by atoms with Crippen molar-refractivity contribution in [1.82, 2.24) is 5.32 Å². The molecule has 0 atom stereocenters. The maximum atomic E-state index is 13.4. The van der Waals surface area contributed by atoms with E-state index in [4.69, 9.17) is 5.11 Å². The number of ether oxygens (including phenoxy) is 1. The number of carboxylic acid groups (broad SMARTS) is 1. The molecule has 5 nitrogen and oxygen atoms in total. The number of rotatable bonds is 5. The summed E-state index contributed by atoms with van der Waals surface area (Å²) in [5, 5.41) is 10.5. The molecule has 0 radical (unpaired) electrons. The highest BCUT2D eigenvalue weighted by molar-refractivity contribution is 5.93. The Bertz CT molecular complexity index is 476. The van der Waals surface area contributed by atoms with E-state index >= 15 is 0 Å². The fraction of sp³-hybridized carbons (Fsp3) is 0.273. The fourth-order valence-corrected chi connectivity index (χ4v) is 1.26. The number of hydrogen-bond donors (Lipinski definition) is 2. The van der Waals surface area contributed by atoms with Gasteiger partial charge in [-0.15, -0.1) is 0 Å². The third kappa shape index (κ3) is 3.69. The van der Waals surface area contributed by atoms with Crippen LogP contribution in [-0.2, 0) is 16.1 Å². The van der Waals surface area contributed by atoms with E-state index in [-0.39, 0.29) is 17.9 Å². The Morgan fingerprint density at radius 2 is 2.00 bits per heavy atom. The van der Waals surface area contributed by atoms with Crippen LogP contribution in [0.2, 0.25) is 0 Å². The van der Waals surface area contributed by atoms with Gasteiger partial charge in [-0.05, 0) is 6.07 Å². The number of methoxy groups -OCH3 is 1. The van der Waals surface area contributed by atoms with Crippen molar-refractivity contribution in [3.63, 3.8) is 0 Å². The van der Waals surface area contributed by atoms with Crippen LogP contribution < -0.4 is 10.1 Å². The number of carbonyl (C=O) groups excluding carboxylic acids is 1. The molecule has 0 unspecified atom stereocenters. The van der Waals surface area contributed by atoms with Crippen LogP contribution in [0.15, 0.2) is 12.1 Å². The summed E-state index contributed by atoms with van der Waals surface area (Å²) in [7, 11) is 1.20. The summed E-state index contributed by atoms with van der Waals surface area (Å²) in [6, 6.07) is 1.74. The number of amides is 1. The van der Waals surface area contributed by atoms with Crippen LogP contribution in [0.3, 0.4) is 0 Å². The number of aliphatic carboxylic acids is 1. The lowest BCUT2D eigenvalue weighted by molar-refractivity contribution is -0.140. The summed E-state index contributed by atoms with van der Waals surface area (Å²) in [6.45, 7) is -0.293. The van der Waals surface area contributed by atoms with Crippen LogP contribution in [0.1, 0.15) is 12.0 Å². The van der Waals surface area contributed by atoms with E-state index in [2.05, 4.69) is 10.1 Å². The summed E-state index contributed by atoms with van der Waals surface area (Å²) in [5.41, 5.74) is -0.0907. The second-order valence-electron chi connectivity index (χ2n) is 3.43. The maximum Gasteiger partial charge on any atom is 0.312 e. The van der Waals surface area contributed by atoms with E-state index in [0.717, 1.165) is 12.1 Å². The van der Waals surface area contributed by atoms with Gasteiger partial charge in [0.2, 0.25) is 5.91 Å². The molecule has 0 aliphatic carbocycles. The van der Waals surface area contributed by atoms with Gasteiger partial charge in [0, 0.05) is 18.2 Å². The summed E-state index contributed by atoms with van der Waals surface area (Å²) in [5.74, 6) is -3.83. The minimum absolute atomic E-state index is 0.0907. The highest BCUT2D eigenvalue weighted by Crippen LogP contribution is 2.21. The maximum absolute atomic E-state index is 13.4. The molecule has 0 saturated carbocycles. The highest BCUT2D eigenvalue weighted by atomic mass is 19.1. The lowest BCUT2D eigenvalue weighted by Gasteiger charge is -2.08. The minimum atomic E-state index is -1.30. The van der Waals surface area contributed by atoms with Crippen LogP contribution in [0.5, 0.6) is 5.75 Å². The molecular weight excluding hydrogens is 248 g/mol. The quantitative estimate of drug-likeness (QED) is 0.775. The van der Waals surface area contributed by atoms with Crippen molar-refractivity contribution in [2.24, 2.45) is 0 Å². The molecule has 0 aliphatic heterocycles. The molecule has 2 N–H and O–H groups in total. The van der Waals surface area contributed by atoms with Crippen molar-refractivity contribution in [3.8, 4) is 5.75 Å². The second kappa shape index (κ2) is 5.95. The summed E-state index contributed by atoms with van der Waals surface area (Å²) in [6.07, 6.45) is -0.722. The smallest absolute Gasteiger partial charge is 0.312 e. The molecular formula is C11H11F2NO4. The topological polar surface area (TPSA) is 75.6 Å². The van der Waals surface area contributed by atoms with Gasteiger partial charge in [0.25, 0.3) is 0 Å². The Hall–Kier alpha value is -2.18. The zero-order chi connectivity index (χ0) is 13.7. The first-order chi connectivity index (χ1) is 8.43. The number of nitrogens with one attached hydrogen (secondary N) is 1. The molecule has 1 aromatic carbocycles. The Labute approximate surface area is 101 Å². The van der Waals surface area contributed by atoms with Crippen molar-refractivity contribution in [1.29, 1.82) is 0 Å². The van der Waals surface area contributed by atoms with Gasteiger partial charge in [0.05, 0.1) is 7.11 Å².